The lowest BCUT2D eigenvalue weighted by molar-refractivity contribution is 0.414. The number of rotatable bonds is 24. The van der Waals surface area contributed by atoms with Crippen LogP contribution in [0.4, 0.5) is 0 Å². The third-order valence-electron chi connectivity index (χ3n) is 9.20. The third-order valence-corrected chi connectivity index (χ3v) is 9.20. The van der Waals surface area contributed by atoms with Crippen molar-refractivity contribution in [1.29, 1.82) is 0 Å². The van der Waals surface area contributed by atoms with E-state index in [9.17, 15) is 0 Å². The highest BCUT2D eigenvalue weighted by molar-refractivity contribution is 6.01. The van der Waals surface area contributed by atoms with Crippen LogP contribution in [0, 0.1) is 0 Å². The maximum absolute atomic E-state index is 5.92. The lowest BCUT2D eigenvalue weighted by Gasteiger charge is -2.10. The first kappa shape index (κ1) is 34.7. The van der Waals surface area contributed by atoms with Gasteiger partial charge in [-0.1, -0.05) is 117 Å². The van der Waals surface area contributed by atoms with Crippen molar-refractivity contribution in [2.45, 2.75) is 142 Å². The minimum atomic E-state index is 0.827. The van der Waals surface area contributed by atoms with Crippen LogP contribution in [-0.4, -0.2) is 27.8 Å². The molecule has 3 aromatic heterocycles. The molecule has 0 atom stereocenters. The van der Waals surface area contributed by atoms with E-state index in [4.69, 9.17) is 9.73 Å². The monoisotopic (exact) mass is 612 g/mol. The normalized spacial score (nSPS) is 14.0. The summed E-state index contributed by atoms with van der Waals surface area (Å²) in [5.74, 6) is 0.827. The van der Waals surface area contributed by atoms with Crippen molar-refractivity contribution < 1.29 is 4.74 Å². The van der Waals surface area contributed by atoms with E-state index >= 15 is 0 Å². The average molecular weight is 613 g/mol. The molecule has 0 saturated heterocycles. The molecule has 45 heavy (non-hydrogen) atoms. The Morgan fingerprint density at radius 1 is 0.667 bits per heavy atom. The summed E-state index contributed by atoms with van der Waals surface area (Å²) < 4.78 is 5.92. The zero-order valence-corrected chi connectivity index (χ0v) is 28.6. The van der Waals surface area contributed by atoms with Gasteiger partial charge in [-0.2, -0.15) is 0 Å². The maximum Gasteiger partial charge on any atom is 0.145 e. The number of unbranched alkanes of at least 4 members (excludes halogenated alkanes) is 16. The predicted molar refractivity (Wildman–Crippen MR) is 193 cm³/mol. The standard InChI is InChI=1S/C40H60N4O/c1-4-6-8-10-12-14-16-18-20-23-32-26-28-35(42-32)39(40-38(45-3)31-37(44-40)34-25-22-30-41-34)36-29-27-33(43-36)24-21-19-17-15-13-11-9-7-5-2/h22,25-31,41-42,44H,4-21,23-24H2,1-3H3. The van der Waals surface area contributed by atoms with Crippen LogP contribution in [-0.2, 0) is 6.42 Å². The smallest absolute Gasteiger partial charge is 0.145 e. The van der Waals surface area contributed by atoms with Crippen LogP contribution >= 0.6 is 0 Å². The largest absolute Gasteiger partial charge is 0.494 e. The molecule has 4 heterocycles. The minimum Gasteiger partial charge on any atom is -0.494 e. The van der Waals surface area contributed by atoms with Gasteiger partial charge in [-0.15, -0.1) is 0 Å². The van der Waals surface area contributed by atoms with Gasteiger partial charge in [0.15, 0.2) is 0 Å². The topological polar surface area (TPSA) is 69.0 Å². The van der Waals surface area contributed by atoms with Crippen molar-refractivity contribution in [2.24, 2.45) is 4.99 Å². The molecule has 0 fully saturated rings. The maximum atomic E-state index is 5.92. The molecule has 3 N–H and O–H groups in total. The minimum absolute atomic E-state index is 0.827. The molecule has 0 spiro atoms. The van der Waals surface area contributed by atoms with E-state index < -0.39 is 0 Å². The SMILES string of the molecule is CCCCCCCCCCCC1=NC(=C(c2ccc(CCCCCCCCCCC)[nH]2)c2[nH]c(-c3ccc[nH]3)cc2OC)C=C1. The number of aliphatic imine (C=N–C) groups is 1. The molecular formula is C40H60N4O. The number of hydrogen-bond donors (Lipinski definition) is 3. The molecular weight excluding hydrogens is 552 g/mol. The fourth-order valence-electron chi connectivity index (χ4n) is 6.48. The third kappa shape index (κ3) is 11.3. The Balaban J connectivity index is 1.41. The van der Waals surface area contributed by atoms with E-state index in [0.717, 1.165) is 52.6 Å². The van der Waals surface area contributed by atoms with Gasteiger partial charge in [0.25, 0.3) is 0 Å². The van der Waals surface area contributed by atoms with Crippen LogP contribution in [0.25, 0.3) is 17.0 Å². The molecule has 5 heteroatoms. The second kappa shape index (κ2) is 20.0. The van der Waals surface area contributed by atoms with Gasteiger partial charge in [0, 0.05) is 23.7 Å². The first-order valence-corrected chi connectivity index (χ1v) is 18.3. The van der Waals surface area contributed by atoms with E-state index in [2.05, 4.69) is 65.2 Å². The van der Waals surface area contributed by atoms with E-state index in [1.807, 2.05) is 12.3 Å². The molecule has 1 aliphatic rings. The molecule has 5 nitrogen and oxygen atoms in total. The average Bonchev–Trinajstić information content (AvgIpc) is 3.88. The molecule has 0 bridgehead atoms. The molecule has 1 aliphatic heterocycles. The first-order chi connectivity index (χ1) is 22.2. The summed E-state index contributed by atoms with van der Waals surface area (Å²) in [7, 11) is 1.75. The van der Waals surface area contributed by atoms with Gasteiger partial charge in [-0.05, 0) is 62.1 Å². The summed E-state index contributed by atoms with van der Waals surface area (Å²) in [5, 5.41) is 0. The Morgan fingerprint density at radius 3 is 1.89 bits per heavy atom. The Kier molecular flexibility index (Phi) is 15.4. The van der Waals surface area contributed by atoms with Crippen molar-refractivity contribution in [3.8, 4) is 17.1 Å². The summed E-state index contributed by atoms with van der Waals surface area (Å²) in [6.07, 6.45) is 32.7. The van der Waals surface area contributed by atoms with Gasteiger partial charge >= 0.3 is 0 Å². The number of allylic oxidation sites excluding steroid dienone is 2. The van der Waals surface area contributed by atoms with E-state index in [1.165, 1.54) is 127 Å². The Morgan fingerprint density at radius 2 is 1.29 bits per heavy atom. The van der Waals surface area contributed by atoms with Gasteiger partial charge in [0.05, 0.1) is 41.2 Å². The highest BCUT2D eigenvalue weighted by Gasteiger charge is 2.22. The molecule has 0 amide bonds. The Labute approximate surface area is 273 Å². The molecule has 0 saturated carbocycles. The number of nitrogens with zero attached hydrogens (tertiary/aromatic N) is 1. The van der Waals surface area contributed by atoms with Crippen molar-refractivity contribution in [2.75, 3.05) is 7.11 Å². The Hall–Kier alpha value is -3.21. The zero-order valence-electron chi connectivity index (χ0n) is 28.6. The summed E-state index contributed by atoms with van der Waals surface area (Å²) in [6.45, 7) is 4.57. The van der Waals surface area contributed by atoms with Crippen LogP contribution in [0.5, 0.6) is 5.75 Å². The van der Waals surface area contributed by atoms with Crippen LogP contribution in [0.2, 0.25) is 0 Å². The molecule has 3 aromatic rings. The number of aromatic nitrogens is 3. The van der Waals surface area contributed by atoms with E-state index in [-0.39, 0.29) is 0 Å². The van der Waals surface area contributed by atoms with Crippen LogP contribution in [0.3, 0.4) is 0 Å². The van der Waals surface area contributed by atoms with Crippen molar-refractivity contribution in [1.82, 2.24) is 15.0 Å². The van der Waals surface area contributed by atoms with Crippen molar-refractivity contribution in [3.05, 3.63) is 71.5 Å². The predicted octanol–water partition coefficient (Wildman–Crippen LogP) is 12.1. The zero-order chi connectivity index (χ0) is 31.5. The van der Waals surface area contributed by atoms with Crippen LogP contribution in [0.15, 0.2) is 59.4 Å². The molecule has 0 aliphatic carbocycles. The number of hydrogen-bond acceptors (Lipinski definition) is 2. The van der Waals surface area contributed by atoms with E-state index in [0.29, 0.717) is 0 Å². The quantitative estimate of drug-likeness (QED) is 0.0865. The highest BCUT2D eigenvalue weighted by atomic mass is 16.5. The van der Waals surface area contributed by atoms with Crippen LogP contribution < -0.4 is 4.74 Å². The lowest BCUT2D eigenvalue weighted by Crippen LogP contribution is -1.97. The summed E-state index contributed by atoms with van der Waals surface area (Å²) in [5.41, 5.74) is 8.64. The number of aromatic amines is 3. The van der Waals surface area contributed by atoms with Gasteiger partial charge in [0.1, 0.15) is 5.75 Å². The van der Waals surface area contributed by atoms with Gasteiger partial charge in [0.2, 0.25) is 0 Å². The highest BCUT2D eigenvalue weighted by Crippen LogP contribution is 2.38. The second-order valence-electron chi connectivity index (χ2n) is 13.0. The summed E-state index contributed by atoms with van der Waals surface area (Å²) >= 11 is 0. The molecule has 0 aromatic carbocycles. The van der Waals surface area contributed by atoms with Crippen molar-refractivity contribution >= 4 is 11.3 Å². The number of ether oxygens (including phenoxy) is 1. The molecule has 4 rings (SSSR count). The van der Waals surface area contributed by atoms with Crippen LogP contribution in [0.1, 0.15) is 153 Å². The summed E-state index contributed by atoms with van der Waals surface area (Å²) in [6, 6.07) is 10.7. The van der Waals surface area contributed by atoms with Gasteiger partial charge in [-0.25, -0.2) is 0 Å². The number of H-pyrrole nitrogens is 3. The lowest BCUT2D eigenvalue weighted by atomic mass is 10.1. The fourth-order valence-corrected chi connectivity index (χ4v) is 6.48. The van der Waals surface area contributed by atoms with E-state index in [1.54, 1.807) is 7.11 Å². The number of aryl methyl sites for hydroxylation is 1. The van der Waals surface area contributed by atoms with Gasteiger partial charge < -0.3 is 19.7 Å². The molecule has 0 unspecified atom stereocenters. The first-order valence-electron chi connectivity index (χ1n) is 18.3. The summed E-state index contributed by atoms with van der Waals surface area (Å²) in [4.78, 5) is 15.9. The number of nitrogens with one attached hydrogen (secondary N) is 3. The molecule has 0 radical (unpaired) electrons. The number of methoxy groups -OCH3 is 1. The second-order valence-corrected chi connectivity index (χ2v) is 13.0. The van der Waals surface area contributed by atoms with Crippen molar-refractivity contribution in [3.63, 3.8) is 0 Å². The molecule has 246 valence electrons. The fraction of sp³-hybridized carbons (Fsp3) is 0.575. The Bertz CT molecular complexity index is 1320. The van der Waals surface area contributed by atoms with Gasteiger partial charge in [-0.3, -0.25) is 4.99 Å².